The second-order valence-electron chi connectivity index (χ2n) is 3.16. The van der Waals surface area contributed by atoms with Crippen molar-refractivity contribution in [1.29, 1.82) is 0 Å². The first kappa shape index (κ1) is 11.2. The van der Waals surface area contributed by atoms with Crippen LogP contribution in [0.3, 0.4) is 0 Å². The van der Waals surface area contributed by atoms with E-state index in [1.165, 1.54) is 18.2 Å². The Morgan fingerprint density at radius 2 is 2.20 bits per heavy atom. The summed E-state index contributed by atoms with van der Waals surface area (Å²) >= 11 is 0. The van der Waals surface area contributed by atoms with Gasteiger partial charge in [0.25, 0.3) is 5.69 Å². The zero-order chi connectivity index (χ0) is 11.4. The molecule has 0 aliphatic heterocycles. The highest BCUT2D eigenvalue weighted by atomic mass is 16.6. The second-order valence-corrected chi connectivity index (χ2v) is 3.16. The minimum absolute atomic E-state index is 0.0122. The Bertz CT molecular complexity index is 400. The second kappa shape index (κ2) is 4.54. The van der Waals surface area contributed by atoms with E-state index >= 15 is 0 Å². The molecule has 0 fully saturated rings. The van der Waals surface area contributed by atoms with Gasteiger partial charge in [0.1, 0.15) is 0 Å². The molecule has 0 atom stereocenters. The minimum Gasteiger partial charge on any atom is -0.478 e. The molecular weight excluding hydrogens is 198 g/mol. The summed E-state index contributed by atoms with van der Waals surface area (Å²) in [5.74, 6) is -1.07. The lowest BCUT2D eigenvalue weighted by Crippen LogP contribution is -2.01. The van der Waals surface area contributed by atoms with Crippen LogP contribution in [0, 0.1) is 10.1 Å². The Morgan fingerprint density at radius 1 is 1.53 bits per heavy atom. The van der Waals surface area contributed by atoms with Crippen LogP contribution in [-0.2, 0) is 6.42 Å². The Hall–Kier alpha value is -1.91. The van der Waals surface area contributed by atoms with Gasteiger partial charge in [0.15, 0.2) is 0 Å². The van der Waals surface area contributed by atoms with E-state index in [0.717, 1.165) is 6.42 Å². The quantitative estimate of drug-likeness (QED) is 0.609. The fourth-order valence-corrected chi connectivity index (χ4v) is 1.37. The highest BCUT2D eigenvalue weighted by molar-refractivity contribution is 5.88. The number of nitro groups is 1. The zero-order valence-corrected chi connectivity index (χ0v) is 8.27. The molecule has 5 heteroatoms. The van der Waals surface area contributed by atoms with Gasteiger partial charge < -0.3 is 5.11 Å². The SMILES string of the molecule is CCCc1cc(C(=O)O)ccc1[N+](=O)[O-]. The number of hydrogen-bond donors (Lipinski definition) is 1. The van der Waals surface area contributed by atoms with Crippen molar-refractivity contribution in [3.05, 3.63) is 39.4 Å². The Balaban J connectivity index is 3.20. The van der Waals surface area contributed by atoms with Crippen LogP contribution in [0.15, 0.2) is 18.2 Å². The lowest BCUT2D eigenvalue weighted by molar-refractivity contribution is -0.385. The largest absolute Gasteiger partial charge is 0.478 e. The third-order valence-electron chi connectivity index (χ3n) is 2.04. The fraction of sp³-hybridized carbons (Fsp3) is 0.300. The predicted octanol–water partition coefficient (Wildman–Crippen LogP) is 2.25. The highest BCUT2D eigenvalue weighted by Gasteiger charge is 2.15. The maximum absolute atomic E-state index is 10.7. The van der Waals surface area contributed by atoms with Crippen LogP contribution in [0.25, 0.3) is 0 Å². The lowest BCUT2D eigenvalue weighted by atomic mass is 10.0. The molecule has 0 heterocycles. The van der Waals surface area contributed by atoms with Crippen molar-refractivity contribution >= 4 is 11.7 Å². The minimum atomic E-state index is -1.07. The molecule has 0 aliphatic carbocycles. The number of nitrogens with zero attached hydrogens (tertiary/aromatic N) is 1. The molecular formula is C10H11NO4. The number of hydrogen-bond acceptors (Lipinski definition) is 3. The molecule has 0 spiro atoms. The van der Waals surface area contributed by atoms with Crippen LogP contribution in [-0.4, -0.2) is 16.0 Å². The van der Waals surface area contributed by atoms with Gasteiger partial charge in [0.2, 0.25) is 0 Å². The number of aromatic carboxylic acids is 1. The van der Waals surface area contributed by atoms with Crippen LogP contribution in [0.2, 0.25) is 0 Å². The number of aryl methyl sites for hydroxylation is 1. The van der Waals surface area contributed by atoms with E-state index < -0.39 is 10.9 Å². The molecule has 1 aromatic carbocycles. The molecule has 0 aliphatic rings. The predicted molar refractivity (Wildman–Crippen MR) is 54.1 cm³/mol. The van der Waals surface area contributed by atoms with Gasteiger partial charge in [0.05, 0.1) is 10.5 Å². The highest BCUT2D eigenvalue weighted by Crippen LogP contribution is 2.21. The Morgan fingerprint density at radius 3 is 2.67 bits per heavy atom. The maximum atomic E-state index is 10.7. The smallest absolute Gasteiger partial charge is 0.335 e. The normalized spacial score (nSPS) is 9.93. The van der Waals surface area contributed by atoms with Crippen molar-refractivity contribution in [1.82, 2.24) is 0 Å². The molecule has 0 unspecified atom stereocenters. The summed E-state index contributed by atoms with van der Waals surface area (Å²) in [6.07, 6.45) is 1.25. The van der Waals surface area contributed by atoms with Crippen molar-refractivity contribution in [2.24, 2.45) is 0 Å². The standard InChI is InChI=1S/C10H11NO4/c1-2-3-7-6-8(10(12)13)4-5-9(7)11(14)15/h4-6H,2-3H2,1H3,(H,12,13). The third-order valence-corrected chi connectivity index (χ3v) is 2.04. The monoisotopic (exact) mass is 209 g/mol. The first-order chi connectivity index (χ1) is 7.06. The molecule has 0 bridgehead atoms. The van der Waals surface area contributed by atoms with Gasteiger partial charge >= 0.3 is 5.97 Å². The zero-order valence-electron chi connectivity index (χ0n) is 8.27. The molecule has 0 saturated carbocycles. The van der Waals surface area contributed by atoms with Gasteiger partial charge in [-0.1, -0.05) is 13.3 Å². The molecule has 0 amide bonds. The Labute approximate surface area is 86.5 Å². The third kappa shape index (κ3) is 2.52. The van der Waals surface area contributed by atoms with Crippen LogP contribution >= 0.6 is 0 Å². The topological polar surface area (TPSA) is 80.4 Å². The van der Waals surface area contributed by atoms with Gasteiger partial charge in [-0.25, -0.2) is 4.79 Å². The summed E-state index contributed by atoms with van der Waals surface area (Å²) in [4.78, 5) is 20.8. The van der Waals surface area contributed by atoms with Crippen LogP contribution in [0.1, 0.15) is 29.3 Å². The molecule has 5 nitrogen and oxygen atoms in total. The van der Waals surface area contributed by atoms with E-state index in [9.17, 15) is 14.9 Å². The van der Waals surface area contributed by atoms with Gasteiger partial charge in [-0.15, -0.1) is 0 Å². The van der Waals surface area contributed by atoms with Gasteiger partial charge in [-0.05, 0) is 18.6 Å². The first-order valence-corrected chi connectivity index (χ1v) is 4.57. The number of benzene rings is 1. The maximum Gasteiger partial charge on any atom is 0.335 e. The van der Waals surface area contributed by atoms with E-state index in [0.29, 0.717) is 12.0 Å². The van der Waals surface area contributed by atoms with E-state index in [1.807, 2.05) is 6.92 Å². The fourth-order valence-electron chi connectivity index (χ4n) is 1.37. The number of carbonyl (C=O) groups is 1. The van der Waals surface area contributed by atoms with E-state index in [4.69, 9.17) is 5.11 Å². The van der Waals surface area contributed by atoms with Crippen molar-refractivity contribution in [2.45, 2.75) is 19.8 Å². The molecule has 1 N–H and O–H groups in total. The molecule has 0 radical (unpaired) electrons. The van der Waals surface area contributed by atoms with Gasteiger partial charge in [-0.2, -0.15) is 0 Å². The number of rotatable bonds is 4. The van der Waals surface area contributed by atoms with Crippen molar-refractivity contribution in [2.75, 3.05) is 0 Å². The molecule has 1 rings (SSSR count). The summed E-state index contributed by atoms with van der Waals surface area (Å²) in [5, 5.41) is 19.4. The van der Waals surface area contributed by atoms with Crippen LogP contribution < -0.4 is 0 Å². The van der Waals surface area contributed by atoms with Gasteiger partial charge in [0, 0.05) is 11.6 Å². The van der Waals surface area contributed by atoms with Crippen LogP contribution in [0.4, 0.5) is 5.69 Å². The lowest BCUT2D eigenvalue weighted by Gasteiger charge is -2.02. The Kier molecular flexibility index (Phi) is 3.38. The number of carboxylic acid groups (broad SMARTS) is 1. The van der Waals surface area contributed by atoms with Crippen molar-refractivity contribution < 1.29 is 14.8 Å². The summed E-state index contributed by atoms with van der Waals surface area (Å²) in [7, 11) is 0. The van der Waals surface area contributed by atoms with E-state index in [-0.39, 0.29) is 11.3 Å². The van der Waals surface area contributed by atoms with E-state index in [1.54, 1.807) is 0 Å². The molecule has 80 valence electrons. The number of carboxylic acids is 1. The van der Waals surface area contributed by atoms with E-state index in [2.05, 4.69) is 0 Å². The first-order valence-electron chi connectivity index (χ1n) is 4.57. The molecule has 0 saturated heterocycles. The van der Waals surface area contributed by atoms with Crippen molar-refractivity contribution in [3.63, 3.8) is 0 Å². The molecule has 15 heavy (non-hydrogen) atoms. The summed E-state index contributed by atoms with van der Waals surface area (Å²) < 4.78 is 0. The van der Waals surface area contributed by atoms with Crippen LogP contribution in [0.5, 0.6) is 0 Å². The van der Waals surface area contributed by atoms with Crippen molar-refractivity contribution in [3.8, 4) is 0 Å². The average Bonchev–Trinajstić information content (AvgIpc) is 2.17. The molecule has 1 aromatic rings. The average molecular weight is 209 g/mol. The van der Waals surface area contributed by atoms with Gasteiger partial charge in [-0.3, -0.25) is 10.1 Å². The molecule has 0 aromatic heterocycles. The summed E-state index contributed by atoms with van der Waals surface area (Å²) in [6, 6.07) is 3.86. The summed E-state index contributed by atoms with van der Waals surface area (Å²) in [5.41, 5.74) is 0.549. The number of nitro benzene ring substituents is 1. The summed E-state index contributed by atoms with van der Waals surface area (Å²) in [6.45, 7) is 1.89.